The van der Waals surface area contributed by atoms with Crippen LogP contribution in [0.4, 0.5) is 17.1 Å². The van der Waals surface area contributed by atoms with Crippen molar-refractivity contribution in [3.63, 3.8) is 0 Å². The van der Waals surface area contributed by atoms with Crippen molar-refractivity contribution in [1.29, 1.82) is 0 Å². The summed E-state index contributed by atoms with van der Waals surface area (Å²) < 4.78 is 76.2. The number of aliphatic hydroxyl groups excluding tert-OH is 1. The number of aliphatic hydroxyl groups is 1. The van der Waals surface area contributed by atoms with Gasteiger partial charge in [-0.25, -0.2) is 33.0 Å². The molecule has 3 aliphatic carbocycles. The van der Waals surface area contributed by atoms with Gasteiger partial charge in [-0.05, 0) is 183 Å². The monoisotopic (exact) mass is 2000 g/mol. The Kier molecular flexibility index (Phi) is 29.0. The molecule has 5 heterocycles. The van der Waals surface area contributed by atoms with Gasteiger partial charge in [0.05, 0.1) is 65.5 Å². The lowest BCUT2D eigenvalue weighted by Crippen LogP contribution is -2.95. The summed E-state index contributed by atoms with van der Waals surface area (Å²) in [7, 11) is 12.1. The van der Waals surface area contributed by atoms with E-state index in [1.807, 2.05) is 245 Å². The molecule has 0 fully saturated rings. The maximum Gasteiger partial charge on any atom is 0.336 e. The van der Waals surface area contributed by atoms with Gasteiger partial charge in [0.25, 0.3) is 0 Å². The number of quaternary nitrogens is 1. The molecule has 0 aromatic heterocycles. The van der Waals surface area contributed by atoms with Crippen LogP contribution in [0.1, 0.15) is 102 Å². The minimum Gasteiger partial charge on any atom is -0.744 e. The van der Waals surface area contributed by atoms with Crippen molar-refractivity contribution in [2.24, 2.45) is 17.5 Å². The number of aromatic carboxylic acids is 5. The molecule has 0 bridgehead atoms. The molecule has 13 aromatic carbocycles. The van der Waals surface area contributed by atoms with Gasteiger partial charge in [0.2, 0.25) is 10.7 Å². The standard InChI is InChI=1S/C27H23N3O5.C23H21N3O3.C23H19NO4.C22H21N3O4S.C22H16O4/c1-30(2)17-6-10-20-23(13-17)35-25-18-9-5-16(29-28)11-14(18)3-8-21(25)24(20)19-7-4-15(26(31)32)12-22(19)27(33)34;1-13-3-6-17-20(9-13)29-21-10-14(12-25-2)4-7-18(21)22(17)16-8-5-15(26-24)11-19(16)23(27)28;1-24(2)14-8-10-18-20(12-14)28-21-13-15(27-3)9-11-19(21)22(18)16-6-4-5-7-17(16)23(25)26;1-24(2)14-8-10-16-19(12-14)29-20-13-15(25(3)23)9-11-17(20)22(16)18-6-4-5-7-21(18)30(26,27)28;1-13-6-8-17-19(10-13)26-20-11-14(12-23)7-9-18(20)21(17)15-4-2-3-5-16(15)22(24)25/h3-13,16,29H,28H2,1-2H3,(H,31,32)(H,33,34);3-11,25-26H,1,12,24H2,2H3,(H,27,28);4-13H,1-3H3;4-13H,23H2,1-3H3;2-11,23H,1,12H2,(H,24,25)/p-1. The number of nitrogens with two attached hydrogens (primary N) is 4. The second-order valence-corrected chi connectivity index (χ2v) is 37.0. The molecule has 21 rings (SSSR count). The molecule has 5 aliphatic heterocycles. The lowest BCUT2D eigenvalue weighted by molar-refractivity contribution is -0.678. The maximum absolute atomic E-state index is 12.2. The minimum absolute atomic E-state index is 0.00370. The number of nitrogens with one attached hydrogen (secondary N) is 2. The number of hydrogen-bond acceptors (Lipinski definition) is 25. The zero-order valence-electron chi connectivity index (χ0n) is 81.6. The molecule has 0 saturated carbocycles. The van der Waals surface area contributed by atoms with Gasteiger partial charge in [-0.3, -0.25) is 11.3 Å². The number of hydrogen-bond donors (Lipinski definition) is 9. The van der Waals surface area contributed by atoms with Crippen LogP contribution in [-0.2, 0) is 23.3 Å². The number of hydrazine groups is 2. The molecule has 0 radical (unpaired) electrons. The van der Waals surface area contributed by atoms with E-state index in [0.29, 0.717) is 141 Å². The molecule has 744 valence electrons. The Morgan fingerprint density at radius 3 is 1.52 bits per heavy atom. The summed E-state index contributed by atoms with van der Waals surface area (Å²) in [5, 5.41) is 76.9. The third-order valence-corrected chi connectivity index (χ3v) is 26.4. The van der Waals surface area contributed by atoms with Gasteiger partial charge < -0.3 is 98.0 Å². The number of carbonyl (C=O) groups is 5. The number of nitrogens with zero attached hydrogens (tertiary/aromatic N) is 4. The van der Waals surface area contributed by atoms with E-state index >= 15 is 0 Å². The summed E-state index contributed by atoms with van der Waals surface area (Å²) in [6.07, 6.45) is 5.95. The van der Waals surface area contributed by atoms with E-state index in [2.05, 4.69) is 23.9 Å². The Hall–Kier alpha value is -18.2. The average molecular weight is 2000 g/mol. The van der Waals surface area contributed by atoms with Gasteiger partial charge in [0, 0.05) is 174 Å². The molecular weight excluding hydrogens is 1900 g/mol. The SMILES string of the molecule is C=c1ccc2c(c1)Oc1cc(CNC)ccc1C=2c1ccc(NN)cc1C(=O)O.C=c1ccc2c(c1)Oc1cc(CO)ccc1C=2c1ccccc1C(=O)[O-].CN(C)c1ccc2c(c1)Oc1c3c(ccc1=C2c1ccc(C(=O)[O-])cc1C(=O)O)=CC([NH2+]N)C=C3.CN(N)c1ccc2c(-c3ccccc3S(=O)(=O)[O-])c3ccc(=[N+](C)C)cc-3oc2c1.COc1ccc2c(-c3ccccc3C(=O)[O-])c3ccc(=[N+](C)C)cc-3oc2c1. The summed E-state index contributed by atoms with van der Waals surface area (Å²) in [6.45, 7) is 8.50. The first-order valence-corrected chi connectivity index (χ1v) is 47.8. The van der Waals surface area contributed by atoms with E-state index in [9.17, 15) is 67.6 Å². The van der Waals surface area contributed by atoms with E-state index in [1.54, 1.807) is 98.4 Å². The fraction of sp³-hybridized carbons (Fsp3) is 0.103. The number of rotatable bonds is 19. The topological polar surface area (TPSA) is 467 Å². The number of fused-ring (bicyclic) bond motifs is 12. The number of anilines is 3. The summed E-state index contributed by atoms with van der Waals surface area (Å²) in [5.74, 6) is 16.5. The number of benzene rings is 15. The fourth-order valence-electron chi connectivity index (χ4n) is 18.4. The van der Waals surface area contributed by atoms with Crippen molar-refractivity contribution >= 4 is 121 Å². The number of ether oxygens (including phenoxy) is 4. The van der Waals surface area contributed by atoms with Crippen molar-refractivity contribution in [1.82, 2.24) is 14.5 Å². The third-order valence-electron chi connectivity index (χ3n) is 25.5. The van der Waals surface area contributed by atoms with Crippen molar-refractivity contribution in [2.45, 2.75) is 24.1 Å². The number of nitrogen functional groups attached to an aromatic ring is 1. The van der Waals surface area contributed by atoms with Crippen LogP contribution in [0.5, 0.6) is 40.2 Å². The number of carboxylic acids is 5. The van der Waals surface area contributed by atoms with Crippen LogP contribution in [0.2, 0.25) is 0 Å². The summed E-state index contributed by atoms with van der Waals surface area (Å²) in [6, 6.07) is 83.6. The van der Waals surface area contributed by atoms with E-state index in [4.69, 9.17) is 45.3 Å². The molecule has 8 aliphatic rings. The first kappa shape index (κ1) is 101. The van der Waals surface area contributed by atoms with E-state index in [-0.39, 0.29) is 45.4 Å². The third kappa shape index (κ3) is 20.5. The Labute approximate surface area is 847 Å². The van der Waals surface area contributed by atoms with Crippen molar-refractivity contribution in [3.05, 3.63) is 411 Å². The van der Waals surface area contributed by atoms with Gasteiger partial charge in [-0.15, -0.1) is 0 Å². The first-order chi connectivity index (χ1) is 71.0. The number of methoxy groups -OCH3 is 1. The second kappa shape index (κ2) is 42.4. The van der Waals surface area contributed by atoms with E-state index in [0.717, 1.165) is 104 Å². The summed E-state index contributed by atoms with van der Waals surface area (Å²) in [5.41, 5.74) is 20.1. The Balaban J connectivity index is 0.000000127. The summed E-state index contributed by atoms with van der Waals surface area (Å²) >= 11 is 0. The average Bonchev–Trinajstić information content (AvgIpc) is 0.729. The van der Waals surface area contributed by atoms with Gasteiger partial charge in [0.1, 0.15) is 107 Å². The van der Waals surface area contributed by atoms with Crippen molar-refractivity contribution in [2.75, 3.05) is 78.8 Å². The lowest BCUT2D eigenvalue weighted by Gasteiger charge is -2.26. The van der Waals surface area contributed by atoms with Crippen molar-refractivity contribution < 1.29 is 101 Å². The molecular formula is C117H99N10O20S-. The van der Waals surface area contributed by atoms with Gasteiger partial charge in [-0.2, -0.15) is 5.84 Å². The van der Waals surface area contributed by atoms with Crippen LogP contribution in [0.25, 0.3) is 109 Å². The van der Waals surface area contributed by atoms with E-state index in [1.165, 1.54) is 41.4 Å². The quantitative estimate of drug-likeness (QED) is 0.0121. The van der Waals surface area contributed by atoms with Crippen LogP contribution < -0.4 is 129 Å². The predicted octanol–water partition coefficient (Wildman–Crippen LogP) is 8.30. The van der Waals surface area contributed by atoms with Crippen LogP contribution in [-0.4, -0.2) is 128 Å². The Morgan fingerprint density at radius 1 is 0.493 bits per heavy atom. The van der Waals surface area contributed by atoms with Crippen LogP contribution in [0.3, 0.4) is 0 Å². The van der Waals surface area contributed by atoms with E-state index < -0.39 is 40.0 Å². The normalized spacial score (nSPS) is 12.6. The molecule has 0 amide bonds. The van der Waals surface area contributed by atoms with Crippen LogP contribution in [0.15, 0.2) is 305 Å². The molecule has 148 heavy (non-hydrogen) atoms. The van der Waals surface area contributed by atoms with Gasteiger partial charge in [0.15, 0.2) is 0 Å². The lowest BCUT2D eigenvalue weighted by atomic mass is 9.87. The molecule has 1 atom stereocenters. The van der Waals surface area contributed by atoms with Gasteiger partial charge >= 0.3 is 11.9 Å². The smallest absolute Gasteiger partial charge is 0.336 e. The largest absolute Gasteiger partial charge is 0.744 e. The zero-order chi connectivity index (χ0) is 105. The Morgan fingerprint density at radius 2 is 0.980 bits per heavy atom. The molecule has 13 aromatic rings. The molecule has 13 N–H and O–H groups in total. The van der Waals surface area contributed by atoms with Crippen molar-refractivity contribution in [3.8, 4) is 85.1 Å². The Bertz CT molecular complexity index is 9000. The van der Waals surface area contributed by atoms with Crippen LogP contribution >= 0.6 is 0 Å². The highest BCUT2D eigenvalue weighted by atomic mass is 32.2. The zero-order valence-corrected chi connectivity index (χ0v) is 82.4. The maximum atomic E-state index is 12.2. The molecule has 1 unspecified atom stereocenters. The predicted molar refractivity (Wildman–Crippen MR) is 561 cm³/mol. The molecule has 0 spiro atoms. The molecule has 30 nitrogen and oxygen atoms in total. The highest BCUT2D eigenvalue weighted by molar-refractivity contribution is 7.86. The fourth-order valence-corrected chi connectivity index (χ4v) is 19.0. The highest BCUT2D eigenvalue weighted by Gasteiger charge is 2.32. The number of carbonyl (C=O) groups excluding carboxylic acids is 3. The second-order valence-electron chi connectivity index (χ2n) is 35.7. The molecule has 31 heteroatoms. The molecule has 0 saturated heterocycles. The van der Waals surface area contributed by atoms with Gasteiger partial charge in [-0.1, -0.05) is 153 Å². The van der Waals surface area contributed by atoms with Crippen LogP contribution in [0, 0.1) is 0 Å². The minimum atomic E-state index is -4.68. The first-order valence-electron chi connectivity index (χ1n) is 46.3. The number of carboxylic acid groups (broad SMARTS) is 5. The summed E-state index contributed by atoms with van der Waals surface area (Å²) in [4.78, 5) is 60.7. The highest BCUT2D eigenvalue weighted by Crippen LogP contribution is 2.48.